The van der Waals surface area contributed by atoms with Crippen molar-refractivity contribution in [3.8, 4) is 17.2 Å². The Labute approximate surface area is 199 Å². The van der Waals surface area contributed by atoms with E-state index in [1.54, 1.807) is 19.1 Å². The fourth-order valence-corrected chi connectivity index (χ4v) is 3.88. The molecule has 9 heteroatoms. The molecule has 1 fully saturated rings. The molecule has 2 aromatic rings. The Hall–Kier alpha value is -3.75. The average Bonchev–Trinajstić information content (AvgIpc) is 3.06. The zero-order valence-corrected chi connectivity index (χ0v) is 20.4. The van der Waals surface area contributed by atoms with E-state index in [2.05, 4.69) is 24.5 Å². The fraction of sp³-hybridized carbons (Fsp3) is 0.400. The molecule has 0 bridgehead atoms. The van der Waals surface area contributed by atoms with Gasteiger partial charge < -0.3 is 24.8 Å². The minimum Gasteiger partial charge on any atom is -0.493 e. The Kier molecular flexibility index (Phi) is 7.34. The number of nitrogens with one attached hydrogen (secondary N) is 2. The maximum absolute atomic E-state index is 13.3. The van der Waals surface area contributed by atoms with E-state index in [4.69, 9.17) is 14.2 Å². The first kappa shape index (κ1) is 24.9. The molecule has 1 aliphatic heterocycles. The monoisotopic (exact) mass is 469 g/mol. The van der Waals surface area contributed by atoms with Crippen LogP contribution in [0.5, 0.6) is 17.2 Å². The Morgan fingerprint density at radius 1 is 1.06 bits per heavy atom. The van der Waals surface area contributed by atoms with E-state index in [9.17, 15) is 14.4 Å². The summed E-state index contributed by atoms with van der Waals surface area (Å²) in [5.41, 5.74) is 0.790. The zero-order valence-electron chi connectivity index (χ0n) is 20.4. The number of amides is 4. The third kappa shape index (κ3) is 4.64. The number of anilines is 1. The van der Waals surface area contributed by atoms with Crippen LogP contribution in [0.2, 0.25) is 0 Å². The van der Waals surface area contributed by atoms with Crippen LogP contribution < -0.4 is 24.8 Å². The van der Waals surface area contributed by atoms with Crippen LogP contribution in [0.4, 0.5) is 10.5 Å². The van der Waals surface area contributed by atoms with Gasteiger partial charge in [-0.2, -0.15) is 0 Å². The van der Waals surface area contributed by atoms with Crippen LogP contribution in [0, 0.1) is 0 Å². The first-order chi connectivity index (χ1) is 16.2. The van der Waals surface area contributed by atoms with Crippen molar-refractivity contribution < 1.29 is 28.6 Å². The normalized spacial score (nSPS) is 18.4. The Morgan fingerprint density at radius 3 is 2.15 bits per heavy atom. The summed E-state index contributed by atoms with van der Waals surface area (Å²) in [6, 6.07) is 10.1. The van der Waals surface area contributed by atoms with Gasteiger partial charge in [-0.1, -0.05) is 26.0 Å². The molecular weight excluding hydrogens is 438 g/mol. The van der Waals surface area contributed by atoms with E-state index >= 15 is 0 Å². The molecule has 9 nitrogen and oxygen atoms in total. The maximum atomic E-state index is 13.3. The smallest absolute Gasteiger partial charge is 0.325 e. The van der Waals surface area contributed by atoms with Crippen LogP contribution in [0.15, 0.2) is 36.4 Å². The molecule has 3 rings (SSSR count). The summed E-state index contributed by atoms with van der Waals surface area (Å²) in [4.78, 5) is 39.5. The van der Waals surface area contributed by atoms with Crippen molar-refractivity contribution in [1.82, 2.24) is 10.2 Å². The van der Waals surface area contributed by atoms with Crippen molar-refractivity contribution in [2.75, 3.05) is 33.2 Å². The van der Waals surface area contributed by atoms with Crippen molar-refractivity contribution in [2.24, 2.45) is 0 Å². The number of imide groups is 1. The van der Waals surface area contributed by atoms with Gasteiger partial charge in [-0.15, -0.1) is 0 Å². The highest BCUT2D eigenvalue weighted by atomic mass is 16.5. The van der Waals surface area contributed by atoms with Gasteiger partial charge in [0, 0.05) is 5.69 Å². The van der Waals surface area contributed by atoms with Crippen molar-refractivity contribution in [1.29, 1.82) is 0 Å². The first-order valence-corrected chi connectivity index (χ1v) is 11.0. The number of nitrogens with zero attached hydrogens (tertiary/aromatic N) is 1. The summed E-state index contributed by atoms with van der Waals surface area (Å²) in [7, 11) is 4.40. The van der Waals surface area contributed by atoms with Gasteiger partial charge in [0.15, 0.2) is 11.5 Å². The predicted octanol–water partition coefficient (Wildman–Crippen LogP) is 3.63. The molecule has 1 aliphatic rings. The van der Waals surface area contributed by atoms with Gasteiger partial charge in [0.05, 0.1) is 21.3 Å². The summed E-state index contributed by atoms with van der Waals surface area (Å²) in [5, 5.41) is 5.43. The van der Waals surface area contributed by atoms with Gasteiger partial charge in [-0.05, 0) is 54.7 Å². The van der Waals surface area contributed by atoms with Gasteiger partial charge in [0.2, 0.25) is 11.7 Å². The van der Waals surface area contributed by atoms with Crippen LogP contribution >= 0.6 is 0 Å². The lowest BCUT2D eigenvalue weighted by atomic mass is 9.91. The standard InChI is InChI=1S/C25H31N3O6/c1-7-15(2)16-8-10-18(11-9-16)26-21(29)14-28-23(30)25(3,27-24(28)31)17-12-19(32-4)22(34-6)20(13-17)33-5/h8-13,15H,7,14H2,1-6H3,(H,26,29)(H,27,31)/t15-,25+/m1/s1. The first-order valence-electron chi connectivity index (χ1n) is 11.0. The van der Waals surface area contributed by atoms with Gasteiger partial charge in [0.1, 0.15) is 12.1 Å². The third-order valence-corrected chi connectivity index (χ3v) is 6.19. The molecule has 2 aromatic carbocycles. The molecule has 0 aliphatic carbocycles. The number of urea groups is 1. The summed E-state index contributed by atoms with van der Waals surface area (Å²) in [6.45, 7) is 5.40. The number of carbonyl (C=O) groups is 3. The van der Waals surface area contributed by atoms with Crippen LogP contribution in [-0.4, -0.2) is 50.6 Å². The van der Waals surface area contributed by atoms with E-state index < -0.39 is 29.9 Å². The second-order valence-corrected chi connectivity index (χ2v) is 8.34. The molecular formula is C25H31N3O6. The van der Waals surface area contributed by atoms with Gasteiger partial charge >= 0.3 is 6.03 Å². The molecule has 182 valence electrons. The van der Waals surface area contributed by atoms with Gasteiger partial charge in [-0.3, -0.25) is 14.5 Å². The molecule has 1 heterocycles. The largest absolute Gasteiger partial charge is 0.493 e. The molecule has 0 radical (unpaired) electrons. The second kappa shape index (κ2) is 10.0. The molecule has 2 N–H and O–H groups in total. The minimum absolute atomic E-state index is 0.345. The highest BCUT2D eigenvalue weighted by molar-refractivity contribution is 6.10. The lowest BCUT2D eigenvalue weighted by Crippen LogP contribution is -2.42. The highest BCUT2D eigenvalue weighted by Gasteiger charge is 2.50. The third-order valence-electron chi connectivity index (χ3n) is 6.19. The number of rotatable bonds is 9. The van der Waals surface area contributed by atoms with Crippen LogP contribution in [-0.2, 0) is 15.1 Å². The van der Waals surface area contributed by atoms with E-state index in [0.29, 0.717) is 34.4 Å². The number of hydrogen-bond donors (Lipinski definition) is 2. The van der Waals surface area contributed by atoms with Crippen LogP contribution in [0.25, 0.3) is 0 Å². The van der Waals surface area contributed by atoms with Crippen molar-refractivity contribution in [3.05, 3.63) is 47.5 Å². The summed E-state index contributed by atoms with van der Waals surface area (Å²) >= 11 is 0. The number of ether oxygens (including phenoxy) is 3. The van der Waals surface area contributed by atoms with Crippen molar-refractivity contribution >= 4 is 23.5 Å². The molecule has 0 spiro atoms. The van der Waals surface area contributed by atoms with Crippen molar-refractivity contribution in [3.63, 3.8) is 0 Å². The number of hydrogen-bond acceptors (Lipinski definition) is 6. The second-order valence-electron chi connectivity index (χ2n) is 8.34. The molecule has 2 atom stereocenters. The van der Waals surface area contributed by atoms with Gasteiger partial charge in [0.25, 0.3) is 5.91 Å². The van der Waals surface area contributed by atoms with Crippen molar-refractivity contribution in [2.45, 2.75) is 38.6 Å². The topological polar surface area (TPSA) is 106 Å². The minimum atomic E-state index is -1.41. The molecule has 0 aromatic heterocycles. The van der Waals surface area contributed by atoms with Crippen LogP contribution in [0.3, 0.4) is 0 Å². The number of carbonyl (C=O) groups excluding carboxylic acids is 3. The number of methoxy groups -OCH3 is 3. The summed E-state index contributed by atoms with van der Waals surface area (Å²) in [6.07, 6.45) is 1.02. The fourth-order valence-electron chi connectivity index (χ4n) is 3.88. The molecule has 34 heavy (non-hydrogen) atoms. The van der Waals surface area contributed by atoms with E-state index in [0.717, 1.165) is 11.3 Å². The Morgan fingerprint density at radius 2 is 1.65 bits per heavy atom. The molecule has 4 amide bonds. The predicted molar refractivity (Wildman–Crippen MR) is 127 cm³/mol. The van der Waals surface area contributed by atoms with Crippen LogP contribution in [0.1, 0.15) is 44.2 Å². The lowest BCUT2D eigenvalue weighted by molar-refractivity contribution is -0.133. The van der Waals surface area contributed by atoms with E-state index in [1.165, 1.54) is 26.9 Å². The van der Waals surface area contributed by atoms with Gasteiger partial charge in [-0.25, -0.2) is 4.79 Å². The molecule has 0 unspecified atom stereocenters. The van der Waals surface area contributed by atoms with E-state index in [-0.39, 0.29) is 0 Å². The Bertz CT molecular complexity index is 1060. The lowest BCUT2D eigenvalue weighted by Gasteiger charge is -2.24. The zero-order chi connectivity index (χ0) is 25.0. The quantitative estimate of drug-likeness (QED) is 0.543. The molecule has 0 saturated carbocycles. The highest BCUT2D eigenvalue weighted by Crippen LogP contribution is 2.42. The SMILES string of the molecule is CC[C@@H](C)c1ccc(NC(=O)CN2C(=O)N[C@@](C)(c3cc(OC)c(OC)c(OC)c3)C2=O)cc1. The summed E-state index contributed by atoms with van der Waals surface area (Å²) < 4.78 is 16.1. The summed E-state index contributed by atoms with van der Waals surface area (Å²) in [5.74, 6) is 0.436. The average molecular weight is 470 g/mol. The maximum Gasteiger partial charge on any atom is 0.325 e. The number of benzene rings is 2. The van der Waals surface area contributed by atoms with E-state index in [1.807, 2.05) is 24.3 Å². The Balaban J connectivity index is 1.78. The molecule has 1 saturated heterocycles.